The molecule has 0 spiro atoms. The molecule has 0 saturated heterocycles. The maximum Gasteiger partial charge on any atom is 0.0999 e. The molecule has 0 aliphatic carbocycles. The third-order valence-corrected chi connectivity index (χ3v) is 1.96. The summed E-state index contributed by atoms with van der Waals surface area (Å²) in [6.07, 6.45) is 1.01. The maximum atomic E-state index is 9.74. The average molecular weight is 178 g/mol. The number of hydrogen-bond donors (Lipinski definition) is 2. The normalized spacial score (nSPS) is 14.2. The number of aliphatic hydroxyl groups is 2. The molecular weight excluding hydrogens is 164 g/mol. The first-order valence-corrected chi connectivity index (χ1v) is 4.26. The minimum absolute atomic E-state index is 0.0320. The van der Waals surface area contributed by atoms with Crippen molar-refractivity contribution in [1.29, 1.82) is 0 Å². The van der Waals surface area contributed by atoms with Gasteiger partial charge in [-0.25, -0.2) is 0 Å². The van der Waals surface area contributed by atoms with Crippen molar-refractivity contribution in [2.75, 3.05) is 6.61 Å². The molecule has 0 aromatic heterocycles. The average Bonchev–Trinajstić information content (AvgIpc) is 2.18. The molecule has 0 bridgehead atoms. The molecule has 0 aliphatic rings. The van der Waals surface area contributed by atoms with Gasteiger partial charge in [0.2, 0.25) is 0 Å². The Morgan fingerprint density at radius 3 is 2.54 bits per heavy atom. The first kappa shape index (κ1) is 9.96. The summed E-state index contributed by atoms with van der Waals surface area (Å²) in [7, 11) is 0. The van der Waals surface area contributed by atoms with Crippen LogP contribution in [-0.4, -0.2) is 16.8 Å². The Labute approximate surface area is 78.2 Å². The van der Waals surface area contributed by atoms with Gasteiger partial charge in [-0.15, -0.1) is 0 Å². The van der Waals surface area contributed by atoms with Crippen LogP contribution in [0.5, 0.6) is 0 Å². The van der Waals surface area contributed by atoms with Crippen LogP contribution in [-0.2, 0) is 0 Å². The second-order valence-corrected chi connectivity index (χ2v) is 2.94. The van der Waals surface area contributed by atoms with E-state index in [1.165, 1.54) is 0 Å². The van der Waals surface area contributed by atoms with E-state index < -0.39 is 6.10 Å². The van der Waals surface area contributed by atoms with Gasteiger partial charge in [-0.2, -0.15) is 0 Å². The summed E-state index contributed by atoms with van der Waals surface area (Å²) in [4.78, 5) is 0. The van der Waals surface area contributed by atoms with E-state index in [4.69, 9.17) is 5.11 Å². The molecule has 2 nitrogen and oxygen atoms in total. The number of rotatable bonds is 3. The van der Waals surface area contributed by atoms with E-state index >= 15 is 0 Å². The van der Waals surface area contributed by atoms with Gasteiger partial charge in [0, 0.05) is 0 Å². The quantitative estimate of drug-likeness (QED) is 0.691. The van der Waals surface area contributed by atoms with Crippen molar-refractivity contribution in [1.82, 2.24) is 0 Å². The number of aliphatic hydroxyl groups excluding tert-OH is 2. The van der Waals surface area contributed by atoms with E-state index in [0.29, 0.717) is 0 Å². The van der Waals surface area contributed by atoms with Crippen LogP contribution in [0.1, 0.15) is 18.6 Å². The highest BCUT2D eigenvalue weighted by Gasteiger charge is 2.07. The van der Waals surface area contributed by atoms with Gasteiger partial charge in [-0.3, -0.25) is 0 Å². The molecule has 1 rings (SSSR count). The van der Waals surface area contributed by atoms with Gasteiger partial charge in [0.05, 0.1) is 12.7 Å². The van der Waals surface area contributed by atoms with Crippen LogP contribution in [0.25, 0.3) is 0 Å². The highest BCUT2D eigenvalue weighted by atomic mass is 16.3. The molecule has 0 radical (unpaired) electrons. The first-order valence-electron chi connectivity index (χ1n) is 4.26. The molecule has 1 aromatic carbocycles. The van der Waals surface area contributed by atoms with Gasteiger partial charge in [-0.1, -0.05) is 36.4 Å². The fraction of sp³-hybridized carbons (Fsp3) is 0.273. The highest BCUT2D eigenvalue weighted by molar-refractivity contribution is 5.24. The minimum Gasteiger partial charge on any atom is -0.392 e. The summed E-state index contributed by atoms with van der Waals surface area (Å²) < 4.78 is 0. The summed E-state index contributed by atoms with van der Waals surface area (Å²) >= 11 is 0. The van der Waals surface area contributed by atoms with Crippen LogP contribution in [0.15, 0.2) is 42.0 Å². The van der Waals surface area contributed by atoms with Crippen LogP contribution in [0.4, 0.5) is 0 Å². The fourth-order valence-electron chi connectivity index (χ4n) is 1.15. The van der Waals surface area contributed by atoms with E-state index in [0.717, 1.165) is 11.1 Å². The molecule has 1 aromatic rings. The van der Waals surface area contributed by atoms with Gasteiger partial charge < -0.3 is 10.2 Å². The topological polar surface area (TPSA) is 40.5 Å². The summed E-state index contributed by atoms with van der Waals surface area (Å²) in [5.41, 5.74) is 1.62. The molecule has 13 heavy (non-hydrogen) atoms. The summed E-state index contributed by atoms with van der Waals surface area (Å²) in [6, 6.07) is 9.38. The van der Waals surface area contributed by atoms with E-state index in [-0.39, 0.29) is 6.61 Å². The highest BCUT2D eigenvalue weighted by Crippen LogP contribution is 2.19. The Hall–Kier alpha value is -1.12. The maximum absolute atomic E-state index is 9.74. The van der Waals surface area contributed by atoms with Gasteiger partial charge in [0.15, 0.2) is 0 Å². The summed E-state index contributed by atoms with van der Waals surface area (Å²) in [5, 5.41) is 18.4. The van der Waals surface area contributed by atoms with E-state index in [1.54, 1.807) is 13.0 Å². The zero-order chi connectivity index (χ0) is 9.68. The van der Waals surface area contributed by atoms with Crippen molar-refractivity contribution in [3.8, 4) is 0 Å². The Morgan fingerprint density at radius 2 is 2.00 bits per heavy atom. The number of benzene rings is 1. The third-order valence-electron chi connectivity index (χ3n) is 1.96. The smallest absolute Gasteiger partial charge is 0.0999 e. The van der Waals surface area contributed by atoms with Crippen molar-refractivity contribution < 1.29 is 10.2 Å². The molecule has 70 valence electrons. The van der Waals surface area contributed by atoms with Crippen molar-refractivity contribution in [3.05, 3.63) is 47.5 Å². The van der Waals surface area contributed by atoms with Crippen LogP contribution < -0.4 is 0 Å². The Bertz CT molecular complexity index is 277. The van der Waals surface area contributed by atoms with E-state index in [9.17, 15) is 5.11 Å². The van der Waals surface area contributed by atoms with Crippen LogP contribution >= 0.6 is 0 Å². The summed E-state index contributed by atoms with van der Waals surface area (Å²) in [5.74, 6) is 0. The molecule has 0 fully saturated rings. The SMILES string of the molecule is C/C(=C\CO)[C@@H](O)c1ccccc1. The monoisotopic (exact) mass is 178 g/mol. The van der Waals surface area contributed by atoms with Crippen LogP contribution in [0.3, 0.4) is 0 Å². The third kappa shape index (κ3) is 2.68. The lowest BCUT2D eigenvalue weighted by Crippen LogP contribution is -1.99. The van der Waals surface area contributed by atoms with E-state index in [1.807, 2.05) is 30.3 Å². The predicted octanol–water partition coefficient (Wildman–Crippen LogP) is 1.66. The van der Waals surface area contributed by atoms with Crippen molar-refractivity contribution in [2.24, 2.45) is 0 Å². The number of hydrogen-bond acceptors (Lipinski definition) is 2. The Balaban J connectivity index is 2.79. The lowest BCUT2D eigenvalue weighted by Gasteiger charge is -2.10. The molecule has 0 heterocycles. The van der Waals surface area contributed by atoms with Gasteiger partial charge >= 0.3 is 0 Å². The van der Waals surface area contributed by atoms with Crippen molar-refractivity contribution in [2.45, 2.75) is 13.0 Å². The molecule has 0 unspecified atom stereocenters. The van der Waals surface area contributed by atoms with Gasteiger partial charge in [-0.05, 0) is 18.1 Å². The standard InChI is InChI=1S/C11H14O2/c1-9(7-8-12)11(13)10-5-3-2-4-6-10/h2-7,11-13H,8H2,1H3/b9-7+/t11-/m1/s1. The molecule has 2 heteroatoms. The minimum atomic E-state index is -0.603. The largest absolute Gasteiger partial charge is 0.392 e. The molecule has 2 N–H and O–H groups in total. The Morgan fingerprint density at radius 1 is 1.38 bits per heavy atom. The lowest BCUT2D eigenvalue weighted by molar-refractivity contribution is 0.213. The fourth-order valence-corrected chi connectivity index (χ4v) is 1.15. The van der Waals surface area contributed by atoms with Gasteiger partial charge in [0.25, 0.3) is 0 Å². The zero-order valence-corrected chi connectivity index (χ0v) is 7.64. The predicted molar refractivity (Wildman–Crippen MR) is 52.2 cm³/mol. The van der Waals surface area contributed by atoms with Crippen LogP contribution in [0, 0.1) is 0 Å². The summed E-state index contributed by atoms with van der Waals surface area (Å²) in [6.45, 7) is 1.77. The molecule has 0 aliphatic heterocycles. The first-order chi connectivity index (χ1) is 6.25. The molecular formula is C11H14O2. The Kier molecular flexibility index (Phi) is 3.68. The molecule has 0 amide bonds. The van der Waals surface area contributed by atoms with Crippen LogP contribution in [0.2, 0.25) is 0 Å². The van der Waals surface area contributed by atoms with Crippen molar-refractivity contribution >= 4 is 0 Å². The molecule has 0 saturated carbocycles. The zero-order valence-electron chi connectivity index (χ0n) is 7.64. The molecule has 1 atom stereocenters. The van der Waals surface area contributed by atoms with Crippen molar-refractivity contribution in [3.63, 3.8) is 0 Å². The van der Waals surface area contributed by atoms with E-state index in [2.05, 4.69) is 0 Å². The van der Waals surface area contributed by atoms with Gasteiger partial charge in [0.1, 0.15) is 0 Å². The lowest BCUT2D eigenvalue weighted by atomic mass is 10.0. The second kappa shape index (κ2) is 4.80. The second-order valence-electron chi connectivity index (χ2n) is 2.94.